The predicted molar refractivity (Wildman–Crippen MR) is 80.9 cm³/mol. The van der Waals surface area contributed by atoms with Crippen LogP contribution in [-0.4, -0.2) is 31.9 Å². The summed E-state index contributed by atoms with van der Waals surface area (Å²) in [6.45, 7) is 5.13. The molecule has 0 radical (unpaired) electrons. The maximum Gasteiger partial charge on any atom is 0.305 e. The average Bonchev–Trinajstić information content (AvgIpc) is 2.41. The lowest BCUT2D eigenvalue weighted by molar-refractivity contribution is -0.145. The molecular weight excluding hydrogens is 324 g/mol. The first-order valence-electron chi connectivity index (χ1n) is 6.74. The summed E-state index contributed by atoms with van der Waals surface area (Å²) in [4.78, 5) is 11.4. The normalized spacial score (nSPS) is 10.6. The van der Waals surface area contributed by atoms with E-state index in [4.69, 9.17) is 14.2 Å². The van der Waals surface area contributed by atoms with Crippen molar-refractivity contribution in [2.75, 3.05) is 19.8 Å². The minimum atomic E-state index is -0.215. The summed E-state index contributed by atoms with van der Waals surface area (Å²) in [6, 6.07) is 7.63. The quantitative estimate of drug-likeness (QED) is 0.507. The highest BCUT2D eigenvalue weighted by molar-refractivity contribution is 9.10. The van der Waals surface area contributed by atoms with Crippen molar-refractivity contribution in [3.8, 4) is 5.75 Å². The van der Waals surface area contributed by atoms with Gasteiger partial charge in [-0.05, 0) is 48.3 Å². The summed E-state index contributed by atoms with van der Waals surface area (Å²) in [6.07, 6.45) is 1.14. The second-order valence-corrected chi connectivity index (χ2v) is 5.38. The van der Waals surface area contributed by atoms with Crippen molar-refractivity contribution in [3.05, 3.63) is 28.7 Å². The molecule has 0 atom stereocenters. The molecule has 112 valence electrons. The lowest BCUT2D eigenvalue weighted by Gasteiger charge is -2.09. The molecule has 0 aliphatic heterocycles. The molecule has 0 amide bonds. The third-order valence-corrected chi connectivity index (χ3v) is 3.07. The zero-order valence-corrected chi connectivity index (χ0v) is 13.5. The van der Waals surface area contributed by atoms with E-state index in [1.165, 1.54) is 0 Å². The largest absolute Gasteiger partial charge is 0.492 e. The maximum atomic E-state index is 11.4. The number of para-hydroxylation sites is 1. The number of carbonyl (C=O) groups excluding carboxylic acids is 1. The minimum absolute atomic E-state index is 0.159. The first kappa shape index (κ1) is 17.0. The molecule has 0 fully saturated rings. The SMILES string of the molecule is CC(C)OCCOC(=O)CCCOc1ccccc1Br. The number of hydrogen-bond donors (Lipinski definition) is 0. The van der Waals surface area contributed by atoms with Gasteiger partial charge in [-0.2, -0.15) is 0 Å². The van der Waals surface area contributed by atoms with Crippen LogP contribution in [-0.2, 0) is 14.3 Å². The first-order chi connectivity index (χ1) is 9.59. The van der Waals surface area contributed by atoms with Gasteiger partial charge in [0.2, 0.25) is 0 Å². The first-order valence-corrected chi connectivity index (χ1v) is 7.53. The van der Waals surface area contributed by atoms with E-state index in [1.54, 1.807) is 0 Å². The summed E-state index contributed by atoms with van der Waals surface area (Å²) in [5.41, 5.74) is 0. The smallest absolute Gasteiger partial charge is 0.305 e. The van der Waals surface area contributed by atoms with Crippen LogP contribution < -0.4 is 4.74 Å². The van der Waals surface area contributed by atoms with Gasteiger partial charge in [0.25, 0.3) is 0 Å². The molecule has 4 nitrogen and oxygen atoms in total. The van der Waals surface area contributed by atoms with Crippen molar-refractivity contribution < 1.29 is 19.0 Å². The summed E-state index contributed by atoms with van der Waals surface area (Å²) in [5.74, 6) is 0.569. The molecule has 0 aliphatic rings. The van der Waals surface area contributed by atoms with E-state index in [9.17, 15) is 4.79 Å². The number of ether oxygens (including phenoxy) is 3. The molecule has 1 rings (SSSR count). The molecule has 0 saturated carbocycles. The Labute approximate surface area is 128 Å². The van der Waals surface area contributed by atoms with Crippen molar-refractivity contribution in [3.63, 3.8) is 0 Å². The van der Waals surface area contributed by atoms with E-state index in [0.717, 1.165) is 10.2 Å². The monoisotopic (exact) mass is 344 g/mol. The highest BCUT2D eigenvalue weighted by atomic mass is 79.9. The van der Waals surface area contributed by atoms with Crippen molar-refractivity contribution in [2.24, 2.45) is 0 Å². The molecule has 0 N–H and O–H groups in total. The Balaban J connectivity index is 2.06. The van der Waals surface area contributed by atoms with Crippen molar-refractivity contribution >= 4 is 21.9 Å². The summed E-state index contributed by atoms with van der Waals surface area (Å²) in [5, 5.41) is 0. The van der Waals surface area contributed by atoms with E-state index in [-0.39, 0.29) is 12.1 Å². The van der Waals surface area contributed by atoms with Gasteiger partial charge in [0.1, 0.15) is 12.4 Å². The van der Waals surface area contributed by atoms with Crippen LogP contribution >= 0.6 is 15.9 Å². The molecule has 0 unspecified atom stereocenters. The highest BCUT2D eigenvalue weighted by Crippen LogP contribution is 2.23. The van der Waals surface area contributed by atoms with Crippen molar-refractivity contribution in [1.82, 2.24) is 0 Å². The van der Waals surface area contributed by atoms with Crippen molar-refractivity contribution in [1.29, 1.82) is 0 Å². The number of hydrogen-bond acceptors (Lipinski definition) is 4. The van der Waals surface area contributed by atoms with Crippen LogP contribution in [0.4, 0.5) is 0 Å². The zero-order chi connectivity index (χ0) is 14.8. The van der Waals surface area contributed by atoms with Crippen LogP contribution in [0.15, 0.2) is 28.7 Å². The van der Waals surface area contributed by atoms with Crippen LogP contribution in [0.1, 0.15) is 26.7 Å². The number of rotatable bonds is 9. The van der Waals surface area contributed by atoms with E-state index >= 15 is 0 Å². The van der Waals surface area contributed by atoms with Gasteiger partial charge in [-0.15, -0.1) is 0 Å². The second-order valence-electron chi connectivity index (χ2n) is 4.52. The molecule has 0 spiro atoms. The summed E-state index contributed by atoms with van der Waals surface area (Å²) < 4.78 is 16.8. The molecule has 1 aromatic rings. The van der Waals surface area contributed by atoms with E-state index in [0.29, 0.717) is 32.7 Å². The Hall–Kier alpha value is -1.07. The summed E-state index contributed by atoms with van der Waals surface area (Å²) in [7, 11) is 0. The molecule has 1 aromatic carbocycles. The number of carbonyl (C=O) groups is 1. The number of halogens is 1. The molecule has 0 aromatic heterocycles. The Morgan fingerprint density at radius 3 is 2.65 bits per heavy atom. The zero-order valence-electron chi connectivity index (χ0n) is 11.9. The van der Waals surface area contributed by atoms with Gasteiger partial charge in [-0.3, -0.25) is 4.79 Å². The molecule has 20 heavy (non-hydrogen) atoms. The van der Waals surface area contributed by atoms with Crippen LogP contribution in [0.3, 0.4) is 0 Å². The van der Waals surface area contributed by atoms with E-state index < -0.39 is 0 Å². The molecule has 0 saturated heterocycles. The van der Waals surface area contributed by atoms with Crippen LogP contribution in [0.5, 0.6) is 5.75 Å². The Bertz CT molecular complexity index is 407. The fourth-order valence-electron chi connectivity index (χ4n) is 1.47. The fraction of sp³-hybridized carbons (Fsp3) is 0.533. The van der Waals surface area contributed by atoms with Gasteiger partial charge in [0, 0.05) is 6.42 Å². The third-order valence-electron chi connectivity index (χ3n) is 2.42. The lowest BCUT2D eigenvalue weighted by atomic mass is 10.3. The molecule has 0 aliphatic carbocycles. The predicted octanol–water partition coefficient (Wildman–Crippen LogP) is 3.58. The van der Waals surface area contributed by atoms with Gasteiger partial charge < -0.3 is 14.2 Å². The van der Waals surface area contributed by atoms with Gasteiger partial charge >= 0.3 is 5.97 Å². The minimum Gasteiger partial charge on any atom is -0.492 e. The standard InChI is InChI=1S/C15H21BrO4/c1-12(2)18-10-11-20-15(17)8-5-9-19-14-7-4-3-6-13(14)16/h3-4,6-7,12H,5,8-11H2,1-2H3. The van der Waals surface area contributed by atoms with Gasteiger partial charge in [-0.25, -0.2) is 0 Å². The van der Waals surface area contributed by atoms with Crippen molar-refractivity contribution in [2.45, 2.75) is 32.8 Å². The Kier molecular flexibility index (Phi) is 8.30. The highest BCUT2D eigenvalue weighted by Gasteiger charge is 2.04. The molecular formula is C15H21BrO4. The van der Waals surface area contributed by atoms with Gasteiger partial charge in [0.15, 0.2) is 0 Å². The lowest BCUT2D eigenvalue weighted by Crippen LogP contribution is -2.14. The maximum absolute atomic E-state index is 11.4. The molecule has 0 heterocycles. The number of esters is 1. The Morgan fingerprint density at radius 1 is 1.20 bits per heavy atom. The van der Waals surface area contributed by atoms with Gasteiger partial charge in [-0.1, -0.05) is 12.1 Å². The second kappa shape index (κ2) is 9.77. The summed E-state index contributed by atoms with van der Waals surface area (Å²) >= 11 is 3.40. The molecule has 0 bridgehead atoms. The molecule has 5 heteroatoms. The van der Waals surface area contributed by atoms with Crippen LogP contribution in [0.2, 0.25) is 0 Å². The number of benzene rings is 1. The average molecular weight is 345 g/mol. The fourth-order valence-corrected chi connectivity index (χ4v) is 1.87. The van der Waals surface area contributed by atoms with E-state index in [2.05, 4.69) is 15.9 Å². The Morgan fingerprint density at radius 2 is 1.95 bits per heavy atom. The van der Waals surface area contributed by atoms with Crippen LogP contribution in [0.25, 0.3) is 0 Å². The topological polar surface area (TPSA) is 44.8 Å². The van der Waals surface area contributed by atoms with Gasteiger partial charge in [0.05, 0.1) is 23.8 Å². The van der Waals surface area contributed by atoms with Crippen LogP contribution in [0, 0.1) is 0 Å². The van der Waals surface area contributed by atoms with E-state index in [1.807, 2.05) is 38.1 Å². The third kappa shape index (κ3) is 7.50.